The minimum absolute atomic E-state index is 0.0809. The molecule has 1 aromatic carbocycles. The molecule has 2 aromatic rings. The third-order valence-electron chi connectivity index (χ3n) is 6.14. The van der Waals surface area contributed by atoms with Gasteiger partial charge in [-0.05, 0) is 56.9 Å². The number of nitrogens with one attached hydrogen (secondary N) is 1. The zero-order valence-corrected chi connectivity index (χ0v) is 20.5. The minimum Gasteiger partial charge on any atom is -0.325 e. The lowest BCUT2D eigenvalue weighted by Gasteiger charge is -2.31. The molecule has 1 saturated carbocycles. The number of amides is 2. The Kier molecular flexibility index (Phi) is 7.02. The van der Waals surface area contributed by atoms with Crippen molar-refractivity contribution >= 4 is 40.5 Å². The van der Waals surface area contributed by atoms with Crippen molar-refractivity contribution < 1.29 is 9.59 Å². The van der Waals surface area contributed by atoms with Crippen molar-refractivity contribution in [2.45, 2.75) is 58.9 Å². The fraction of sp³-hybridized carbons (Fsp3) is 0.440. The Morgan fingerprint density at radius 1 is 1.21 bits per heavy atom. The van der Waals surface area contributed by atoms with Crippen LogP contribution in [0.25, 0.3) is 6.08 Å². The standard InChI is InChI=1S/C25H31N5O2S/c1-16-10-11-17(2)21(12-16)26-23(31)15-33-25-27-22(13-19-14-29(4)28-18(19)3)24(32)30(25)20-8-6-5-7-9-20/h10-14,20H,5-9,15H2,1-4H3,(H,26,31)/b22-13+. The van der Waals surface area contributed by atoms with Crippen molar-refractivity contribution in [1.29, 1.82) is 0 Å². The quantitative estimate of drug-likeness (QED) is 0.655. The highest BCUT2D eigenvalue weighted by molar-refractivity contribution is 8.14. The van der Waals surface area contributed by atoms with Gasteiger partial charge in [-0.25, -0.2) is 4.99 Å². The van der Waals surface area contributed by atoms with E-state index in [1.165, 1.54) is 18.2 Å². The van der Waals surface area contributed by atoms with Crippen LogP contribution in [-0.2, 0) is 16.6 Å². The number of rotatable bonds is 5. The Hall–Kier alpha value is -2.87. The summed E-state index contributed by atoms with van der Waals surface area (Å²) in [6.07, 6.45) is 9.07. The van der Waals surface area contributed by atoms with Crippen LogP contribution in [0.5, 0.6) is 0 Å². The molecule has 2 aliphatic rings. The summed E-state index contributed by atoms with van der Waals surface area (Å²) in [5.41, 5.74) is 5.08. The highest BCUT2D eigenvalue weighted by Gasteiger charge is 2.36. The number of anilines is 1. The van der Waals surface area contributed by atoms with Gasteiger partial charge < -0.3 is 5.32 Å². The van der Waals surface area contributed by atoms with Gasteiger partial charge in [-0.15, -0.1) is 0 Å². The van der Waals surface area contributed by atoms with Gasteiger partial charge in [0.05, 0.1) is 11.4 Å². The van der Waals surface area contributed by atoms with Gasteiger partial charge in [-0.2, -0.15) is 5.10 Å². The number of aliphatic imine (C=N–C) groups is 1. The maximum atomic E-state index is 13.4. The number of aryl methyl sites for hydroxylation is 4. The van der Waals surface area contributed by atoms with Crippen molar-refractivity contribution in [3.05, 3.63) is 52.5 Å². The Bertz CT molecular complexity index is 1130. The first-order valence-corrected chi connectivity index (χ1v) is 12.4. The molecule has 0 unspecified atom stereocenters. The van der Waals surface area contributed by atoms with Crippen LogP contribution in [-0.4, -0.2) is 43.5 Å². The van der Waals surface area contributed by atoms with Gasteiger partial charge >= 0.3 is 0 Å². The number of aromatic nitrogens is 2. The fourth-order valence-corrected chi connectivity index (χ4v) is 5.23. The largest absolute Gasteiger partial charge is 0.325 e. The molecule has 0 spiro atoms. The van der Waals surface area contributed by atoms with E-state index in [0.717, 1.165) is 53.8 Å². The van der Waals surface area contributed by atoms with Crippen LogP contribution in [0.3, 0.4) is 0 Å². The van der Waals surface area contributed by atoms with Crippen LogP contribution >= 0.6 is 11.8 Å². The van der Waals surface area contributed by atoms with Crippen molar-refractivity contribution in [3.63, 3.8) is 0 Å². The number of benzene rings is 1. The molecule has 2 amide bonds. The van der Waals surface area contributed by atoms with E-state index in [1.807, 2.05) is 63.2 Å². The lowest BCUT2D eigenvalue weighted by atomic mass is 9.94. The Balaban J connectivity index is 1.53. The van der Waals surface area contributed by atoms with Gasteiger partial charge in [-0.1, -0.05) is 43.2 Å². The van der Waals surface area contributed by atoms with Crippen LogP contribution in [0.1, 0.15) is 54.5 Å². The molecule has 0 atom stereocenters. The molecule has 2 heterocycles. The summed E-state index contributed by atoms with van der Waals surface area (Å²) in [5.74, 6) is 0.0117. The van der Waals surface area contributed by atoms with Crippen LogP contribution in [0.2, 0.25) is 0 Å². The molecule has 1 fully saturated rings. The molecule has 1 aliphatic carbocycles. The average molecular weight is 466 g/mol. The number of carbonyl (C=O) groups is 2. The number of hydrogen-bond acceptors (Lipinski definition) is 5. The average Bonchev–Trinajstić information content (AvgIpc) is 3.27. The highest BCUT2D eigenvalue weighted by Crippen LogP contribution is 2.32. The number of amidine groups is 1. The number of thioether (sulfide) groups is 1. The molecule has 33 heavy (non-hydrogen) atoms. The number of carbonyl (C=O) groups excluding carboxylic acids is 2. The van der Waals surface area contributed by atoms with Crippen LogP contribution in [0.4, 0.5) is 5.69 Å². The summed E-state index contributed by atoms with van der Waals surface area (Å²) in [4.78, 5) is 32.6. The second-order valence-electron chi connectivity index (χ2n) is 8.89. The minimum atomic E-state index is -0.104. The van der Waals surface area contributed by atoms with E-state index in [-0.39, 0.29) is 23.6 Å². The molecule has 1 N–H and O–H groups in total. The Morgan fingerprint density at radius 3 is 2.67 bits per heavy atom. The zero-order chi connectivity index (χ0) is 23.5. The highest BCUT2D eigenvalue weighted by atomic mass is 32.2. The molecule has 8 heteroatoms. The van der Waals surface area contributed by atoms with Gasteiger partial charge in [0.2, 0.25) is 5.91 Å². The molecule has 4 rings (SSSR count). The summed E-state index contributed by atoms with van der Waals surface area (Å²) in [5, 5.41) is 7.98. The summed E-state index contributed by atoms with van der Waals surface area (Å²) in [6.45, 7) is 5.90. The van der Waals surface area contributed by atoms with E-state index in [2.05, 4.69) is 15.4 Å². The van der Waals surface area contributed by atoms with Crippen molar-refractivity contribution in [2.24, 2.45) is 12.0 Å². The third-order valence-corrected chi connectivity index (χ3v) is 7.10. The first-order valence-electron chi connectivity index (χ1n) is 11.5. The molecule has 1 aromatic heterocycles. The van der Waals surface area contributed by atoms with E-state index < -0.39 is 0 Å². The summed E-state index contributed by atoms with van der Waals surface area (Å²) >= 11 is 1.33. The fourth-order valence-electron chi connectivity index (χ4n) is 4.37. The molecule has 0 radical (unpaired) electrons. The molecule has 174 valence electrons. The molecular formula is C25H31N5O2S. The first kappa shape index (κ1) is 23.3. The van der Waals surface area contributed by atoms with Gasteiger partial charge in [0.15, 0.2) is 5.17 Å². The third kappa shape index (κ3) is 5.38. The molecular weight excluding hydrogens is 434 g/mol. The summed E-state index contributed by atoms with van der Waals surface area (Å²) < 4.78 is 1.73. The molecule has 7 nitrogen and oxygen atoms in total. The predicted octanol–water partition coefficient (Wildman–Crippen LogP) is 4.59. The van der Waals surface area contributed by atoms with Crippen molar-refractivity contribution in [1.82, 2.24) is 14.7 Å². The van der Waals surface area contributed by atoms with Crippen molar-refractivity contribution in [2.75, 3.05) is 11.1 Å². The maximum absolute atomic E-state index is 13.4. The summed E-state index contributed by atoms with van der Waals surface area (Å²) in [7, 11) is 1.86. The monoisotopic (exact) mass is 465 g/mol. The lowest BCUT2D eigenvalue weighted by Crippen LogP contribution is -2.41. The predicted molar refractivity (Wildman–Crippen MR) is 134 cm³/mol. The Labute approximate surface area is 199 Å². The maximum Gasteiger partial charge on any atom is 0.278 e. The van der Waals surface area contributed by atoms with E-state index in [9.17, 15) is 9.59 Å². The molecule has 0 saturated heterocycles. The van der Waals surface area contributed by atoms with E-state index in [4.69, 9.17) is 0 Å². The second kappa shape index (κ2) is 9.95. The zero-order valence-electron chi connectivity index (χ0n) is 19.7. The van der Waals surface area contributed by atoms with E-state index >= 15 is 0 Å². The van der Waals surface area contributed by atoms with Gasteiger partial charge in [0.25, 0.3) is 5.91 Å². The number of hydrogen-bond donors (Lipinski definition) is 1. The number of nitrogens with zero attached hydrogens (tertiary/aromatic N) is 4. The van der Waals surface area contributed by atoms with Crippen molar-refractivity contribution in [3.8, 4) is 0 Å². The van der Waals surface area contributed by atoms with Gasteiger partial charge in [-0.3, -0.25) is 19.2 Å². The second-order valence-corrected chi connectivity index (χ2v) is 9.83. The molecule has 1 aliphatic heterocycles. The van der Waals surface area contributed by atoms with Gasteiger partial charge in [0, 0.05) is 30.5 Å². The SMILES string of the molecule is Cc1ccc(C)c(NC(=O)CSC2=N/C(=C/c3cn(C)nc3C)C(=O)N2C2CCCCC2)c1. The lowest BCUT2D eigenvalue weighted by molar-refractivity contribution is -0.124. The summed E-state index contributed by atoms with van der Waals surface area (Å²) in [6, 6.07) is 6.14. The normalized spacial score (nSPS) is 18.2. The van der Waals surface area contributed by atoms with E-state index in [0.29, 0.717) is 10.9 Å². The first-order chi connectivity index (χ1) is 15.8. The van der Waals surface area contributed by atoms with E-state index in [1.54, 1.807) is 4.68 Å². The molecule has 0 bridgehead atoms. The topological polar surface area (TPSA) is 79.6 Å². The Morgan fingerprint density at radius 2 is 1.97 bits per heavy atom. The van der Waals surface area contributed by atoms with Crippen LogP contribution < -0.4 is 5.32 Å². The smallest absolute Gasteiger partial charge is 0.278 e. The van der Waals surface area contributed by atoms with Crippen LogP contribution in [0, 0.1) is 20.8 Å². The van der Waals surface area contributed by atoms with Crippen LogP contribution in [0.15, 0.2) is 35.1 Å². The van der Waals surface area contributed by atoms with Gasteiger partial charge in [0.1, 0.15) is 5.70 Å².